The average Bonchev–Trinajstić information content (AvgIpc) is 0.688. The zero-order chi connectivity index (χ0) is 77.8. The molecule has 0 radical (unpaired) electrons. The molecule has 22 atom stereocenters. The van der Waals surface area contributed by atoms with Gasteiger partial charge in [-0.1, -0.05) is 148 Å². The van der Waals surface area contributed by atoms with Crippen molar-refractivity contribution in [2.45, 2.75) is 243 Å². The van der Waals surface area contributed by atoms with Crippen LogP contribution in [0.3, 0.4) is 0 Å². The lowest BCUT2D eigenvalue weighted by atomic mass is 9.71. The van der Waals surface area contributed by atoms with Crippen LogP contribution in [0.25, 0.3) is 0 Å². The monoisotopic (exact) mass is 1470 g/mol. The number of hydrogen-bond donors (Lipinski definition) is 14. The summed E-state index contributed by atoms with van der Waals surface area (Å²) < 4.78 is 53.5. The van der Waals surface area contributed by atoms with Crippen molar-refractivity contribution < 1.29 is 148 Å². The summed E-state index contributed by atoms with van der Waals surface area (Å²) in [4.78, 5) is 77.1. The van der Waals surface area contributed by atoms with Gasteiger partial charge >= 0.3 is 23.9 Å². The van der Waals surface area contributed by atoms with Gasteiger partial charge in [0.05, 0.1) is 38.9 Å². The first-order valence-electron chi connectivity index (χ1n) is 34.0. The van der Waals surface area contributed by atoms with Gasteiger partial charge in [0.1, 0.15) is 111 Å². The van der Waals surface area contributed by atoms with Crippen molar-refractivity contribution in [3.8, 4) is 0 Å². The SMILES string of the molecule is C=C/C=C(C)/C=C/C=C(C)/C=C/C1=C(C)C(=O)C(OC(=O)CCC(=O)OCC2OC(O)C(O)C(O)C2OC2OC(CO)C(O)C(O)C2O)CC1(C)C.C=C/C=C(C)/C=C/C=C(C)/C=C/C1=C(C)C(=O)C(OC(=O)CCC(=O)OCC2OC(O)C(O)C(O)C2OC2OC(CO)C(O)C(O)C2O)CC1(C)C. The molecule has 4 saturated heterocycles. The number of hydrogen-bond acceptors (Lipinski definition) is 30. The average molecular weight is 1470 g/mol. The second-order valence-corrected chi connectivity index (χ2v) is 27.5. The van der Waals surface area contributed by atoms with Crippen molar-refractivity contribution in [2.75, 3.05) is 26.4 Å². The number of aliphatic hydroxyl groups excluding tert-OH is 14. The van der Waals surface area contributed by atoms with E-state index >= 15 is 0 Å². The Labute approximate surface area is 603 Å². The van der Waals surface area contributed by atoms with Crippen LogP contribution in [0.4, 0.5) is 0 Å². The smallest absolute Gasteiger partial charge is 0.307 e. The maximum absolute atomic E-state index is 13.2. The molecule has 4 fully saturated rings. The molecule has 0 amide bonds. The standard InChI is InChI=1S/2C37H52O15/c2*1-7-9-19(2)10-8-11-20(3)12-13-22-21(4)28(41)23(16-37(22,5)6)49-27(40)15-14-26(39)48-18-25-34(31(44)32(45)35(47)50-25)52-36-33(46)30(43)29(42)24(17-38)51-36/h2*7-13,23-25,29-36,38,42-47H,1,14-18H2,2-6H3/b2*10-8+,13-12+,19-9+,20-11+. The molecule has 6 rings (SSSR count). The lowest BCUT2D eigenvalue weighted by Gasteiger charge is -2.45. The van der Waals surface area contributed by atoms with E-state index in [1.165, 1.54) is 0 Å². The molecule has 30 nitrogen and oxygen atoms in total. The summed E-state index contributed by atoms with van der Waals surface area (Å²) in [5.41, 5.74) is 5.53. The van der Waals surface area contributed by atoms with E-state index in [4.69, 9.17) is 47.4 Å². The highest BCUT2D eigenvalue weighted by Crippen LogP contribution is 2.43. The molecule has 104 heavy (non-hydrogen) atoms. The Morgan fingerprint density at radius 1 is 0.442 bits per heavy atom. The second-order valence-electron chi connectivity index (χ2n) is 27.5. The number of carbonyl (C=O) groups excluding carboxylic acids is 6. The van der Waals surface area contributed by atoms with Gasteiger partial charge in [-0.15, -0.1) is 0 Å². The lowest BCUT2D eigenvalue weighted by Crippen LogP contribution is -2.64. The Morgan fingerprint density at radius 2 is 0.769 bits per heavy atom. The third-order valence-corrected chi connectivity index (χ3v) is 18.2. The molecule has 0 spiro atoms. The molecule has 0 bridgehead atoms. The summed E-state index contributed by atoms with van der Waals surface area (Å²) in [6.45, 7) is 23.4. The second kappa shape index (κ2) is 40.3. The first-order valence-corrected chi connectivity index (χ1v) is 34.0. The van der Waals surface area contributed by atoms with Gasteiger partial charge in [-0.05, 0) is 74.7 Å². The van der Waals surface area contributed by atoms with E-state index in [1.54, 1.807) is 26.0 Å². The molecule has 4 aliphatic heterocycles. The van der Waals surface area contributed by atoms with Crippen LogP contribution in [0.1, 0.15) is 108 Å². The minimum Gasteiger partial charge on any atom is -0.463 e. The van der Waals surface area contributed by atoms with Gasteiger partial charge in [-0.3, -0.25) is 28.8 Å². The molecule has 30 heteroatoms. The number of ether oxygens (including phenoxy) is 10. The van der Waals surface area contributed by atoms with Crippen molar-refractivity contribution >= 4 is 35.4 Å². The predicted octanol–water partition coefficient (Wildman–Crippen LogP) is 0.704. The Kier molecular flexibility index (Phi) is 34.1. The fourth-order valence-corrected chi connectivity index (χ4v) is 12.2. The van der Waals surface area contributed by atoms with Crippen LogP contribution >= 0.6 is 0 Å². The maximum Gasteiger partial charge on any atom is 0.307 e. The van der Waals surface area contributed by atoms with Crippen molar-refractivity contribution in [3.05, 3.63) is 143 Å². The Morgan fingerprint density at radius 3 is 1.10 bits per heavy atom. The summed E-state index contributed by atoms with van der Waals surface area (Å²) in [6.07, 6.45) is -11.4. The summed E-state index contributed by atoms with van der Waals surface area (Å²) in [6, 6.07) is 0. The highest BCUT2D eigenvalue weighted by molar-refractivity contribution is 6.02. The minimum absolute atomic E-state index is 0.221. The first kappa shape index (κ1) is 87.9. The molecule has 0 saturated carbocycles. The third-order valence-electron chi connectivity index (χ3n) is 18.2. The Balaban J connectivity index is 0.000000374. The lowest BCUT2D eigenvalue weighted by molar-refractivity contribution is -0.355. The number of allylic oxidation sites excluding steroid dienone is 20. The predicted molar refractivity (Wildman–Crippen MR) is 367 cm³/mol. The molecule has 4 heterocycles. The van der Waals surface area contributed by atoms with Crippen molar-refractivity contribution in [1.82, 2.24) is 0 Å². The van der Waals surface area contributed by atoms with Gasteiger partial charge in [0, 0.05) is 12.8 Å². The maximum atomic E-state index is 13.2. The molecule has 580 valence electrons. The minimum atomic E-state index is -1.92. The molecule has 6 aliphatic rings. The highest BCUT2D eigenvalue weighted by Gasteiger charge is 2.53. The van der Waals surface area contributed by atoms with Crippen LogP contribution in [-0.2, 0) is 76.1 Å². The summed E-state index contributed by atoms with van der Waals surface area (Å²) in [5, 5.41) is 141. The normalized spacial score (nSPS) is 34.5. The molecular weight excluding hydrogens is 1370 g/mol. The molecule has 14 N–H and O–H groups in total. The van der Waals surface area contributed by atoms with E-state index in [0.717, 1.165) is 33.4 Å². The number of ketones is 2. The number of carbonyl (C=O) groups is 6. The molecule has 0 aromatic heterocycles. The van der Waals surface area contributed by atoms with Crippen LogP contribution in [0.15, 0.2) is 143 Å². The van der Waals surface area contributed by atoms with Crippen LogP contribution < -0.4 is 0 Å². The van der Waals surface area contributed by atoms with E-state index in [1.807, 2.05) is 128 Å². The highest BCUT2D eigenvalue weighted by atomic mass is 16.7. The van der Waals surface area contributed by atoms with Crippen LogP contribution in [0.5, 0.6) is 0 Å². The van der Waals surface area contributed by atoms with Gasteiger partial charge in [-0.2, -0.15) is 0 Å². The van der Waals surface area contributed by atoms with Crippen molar-refractivity contribution in [3.63, 3.8) is 0 Å². The number of esters is 4. The van der Waals surface area contributed by atoms with Crippen LogP contribution in [0, 0.1) is 10.8 Å². The third kappa shape index (κ3) is 24.2. The van der Waals surface area contributed by atoms with Crippen molar-refractivity contribution in [1.29, 1.82) is 0 Å². The van der Waals surface area contributed by atoms with Gasteiger partial charge < -0.3 is 119 Å². The molecule has 0 aromatic rings. The summed E-state index contributed by atoms with van der Waals surface area (Å²) >= 11 is 0. The first-order chi connectivity index (χ1) is 48.8. The number of rotatable bonds is 28. The fraction of sp³-hybridized carbons (Fsp3) is 0.595. The van der Waals surface area contributed by atoms with Crippen LogP contribution in [0.2, 0.25) is 0 Å². The van der Waals surface area contributed by atoms with E-state index in [-0.39, 0.29) is 24.4 Å². The fourth-order valence-electron chi connectivity index (χ4n) is 12.2. The zero-order valence-corrected chi connectivity index (χ0v) is 60.1. The molecule has 22 unspecified atom stereocenters. The van der Waals surface area contributed by atoms with E-state index in [2.05, 4.69) is 13.2 Å². The van der Waals surface area contributed by atoms with Crippen LogP contribution in [-0.4, -0.2) is 268 Å². The largest absolute Gasteiger partial charge is 0.463 e. The van der Waals surface area contributed by atoms with E-state index in [9.17, 15) is 100 Å². The summed E-state index contributed by atoms with van der Waals surface area (Å²) in [7, 11) is 0. The van der Waals surface area contributed by atoms with Gasteiger partial charge in [0.2, 0.25) is 0 Å². The molecular formula is C74H104O30. The molecule has 0 aromatic carbocycles. The van der Waals surface area contributed by atoms with Gasteiger partial charge in [0.25, 0.3) is 0 Å². The van der Waals surface area contributed by atoms with Crippen molar-refractivity contribution in [2.24, 2.45) is 10.8 Å². The van der Waals surface area contributed by atoms with E-state index < -0.39 is 222 Å². The summed E-state index contributed by atoms with van der Waals surface area (Å²) in [5.74, 6) is -4.13. The topological polar surface area (TPSA) is 478 Å². The number of aliphatic hydroxyl groups is 14. The van der Waals surface area contributed by atoms with Gasteiger partial charge in [0.15, 0.2) is 48.9 Å². The zero-order valence-electron chi connectivity index (χ0n) is 60.1. The Bertz CT molecular complexity index is 3090. The van der Waals surface area contributed by atoms with Gasteiger partial charge in [-0.25, -0.2) is 0 Å². The molecule has 2 aliphatic carbocycles. The Hall–Kier alpha value is -6.70. The quantitative estimate of drug-likeness (QED) is 0.0291. The van der Waals surface area contributed by atoms with E-state index in [0.29, 0.717) is 11.1 Å². The number of Topliss-reactive ketones (excluding diaryl/α,β-unsaturated/α-hetero) is 2.